The fourth-order valence-corrected chi connectivity index (χ4v) is 7.14. The van der Waals surface area contributed by atoms with Gasteiger partial charge in [-0.25, -0.2) is 0 Å². The molecule has 1 saturated heterocycles. The van der Waals surface area contributed by atoms with Crippen LogP contribution in [0.1, 0.15) is 91.4 Å². The van der Waals surface area contributed by atoms with Gasteiger partial charge in [0.1, 0.15) is 5.41 Å². The molecule has 5 nitrogen and oxygen atoms in total. The number of nitrogens with zero attached hydrogens (tertiary/aromatic N) is 2. The Morgan fingerprint density at radius 2 is 1.63 bits per heavy atom. The monoisotopic (exact) mass is 547 g/mol. The van der Waals surface area contributed by atoms with Crippen LogP contribution in [0.15, 0.2) is 72.8 Å². The van der Waals surface area contributed by atoms with Crippen molar-refractivity contribution in [2.45, 2.75) is 70.8 Å². The van der Waals surface area contributed by atoms with Gasteiger partial charge in [0, 0.05) is 36.3 Å². The Morgan fingerprint density at radius 3 is 2.37 bits per heavy atom. The molecule has 1 fully saturated rings. The molecule has 3 aromatic carbocycles. The highest BCUT2D eigenvalue weighted by Crippen LogP contribution is 2.57. The normalized spacial score (nSPS) is 19.9. The second-order valence-electron chi connectivity index (χ2n) is 11.7. The number of benzene rings is 3. The summed E-state index contributed by atoms with van der Waals surface area (Å²) in [6, 6.07) is 24.8. The van der Waals surface area contributed by atoms with Crippen molar-refractivity contribution in [2.75, 3.05) is 24.5 Å². The van der Waals surface area contributed by atoms with E-state index in [0.717, 1.165) is 96.4 Å². The summed E-state index contributed by atoms with van der Waals surface area (Å²) in [4.78, 5) is 33.0. The molecule has 6 rings (SSSR count). The Bertz CT molecular complexity index is 1470. The molecule has 0 bridgehead atoms. The second kappa shape index (κ2) is 11.6. The smallest absolute Gasteiger partial charge is 0.258 e. The number of rotatable bonds is 9. The summed E-state index contributed by atoms with van der Waals surface area (Å²) in [7, 11) is 0. The summed E-state index contributed by atoms with van der Waals surface area (Å²) in [6.07, 6.45) is 7.01. The van der Waals surface area contributed by atoms with Crippen molar-refractivity contribution in [2.24, 2.45) is 0 Å². The highest BCUT2D eigenvalue weighted by atomic mass is 16.2. The Labute approximate surface area is 244 Å². The lowest BCUT2D eigenvalue weighted by Gasteiger charge is -2.35. The summed E-state index contributed by atoms with van der Waals surface area (Å²) < 4.78 is 0. The van der Waals surface area contributed by atoms with E-state index in [4.69, 9.17) is 0 Å². The molecular weight excluding hydrogens is 506 g/mol. The van der Waals surface area contributed by atoms with Gasteiger partial charge < -0.3 is 15.1 Å². The van der Waals surface area contributed by atoms with E-state index < -0.39 is 5.41 Å². The van der Waals surface area contributed by atoms with E-state index in [1.54, 1.807) is 0 Å². The number of nitrogens with one attached hydrogen (secondary N) is 1. The molecule has 0 radical (unpaired) electrons. The minimum absolute atomic E-state index is 0.0368. The molecule has 0 spiro atoms. The largest absolute Gasteiger partial charge is 0.371 e. The third-order valence-corrected chi connectivity index (χ3v) is 9.08. The van der Waals surface area contributed by atoms with Gasteiger partial charge in [-0.1, -0.05) is 87.4 Å². The van der Waals surface area contributed by atoms with Crippen LogP contribution >= 0.6 is 0 Å². The quantitative estimate of drug-likeness (QED) is 0.309. The number of anilines is 1. The maximum atomic E-state index is 14.6. The first kappa shape index (κ1) is 27.3. The molecule has 2 heterocycles. The highest BCUT2D eigenvalue weighted by molar-refractivity contribution is 6.18. The van der Waals surface area contributed by atoms with Gasteiger partial charge in [0.05, 0.1) is 17.9 Å². The van der Waals surface area contributed by atoms with Crippen LogP contribution in [0.2, 0.25) is 0 Å². The number of hydrogen-bond donors (Lipinski definition) is 1. The number of hydrogen-bond acceptors (Lipinski definition) is 3. The summed E-state index contributed by atoms with van der Waals surface area (Å²) in [5, 5.41) is 3.33. The molecule has 3 aromatic rings. The topological polar surface area (TPSA) is 52.7 Å². The van der Waals surface area contributed by atoms with Crippen LogP contribution in [0.4, 0.5) is 5.69 Å². The Balaban J connectivity index is 1.65. The third-order valence-electron chi connectivity index (χ3n) is 9.08. The number of amides is 2. The molecular formula is C36H41N3O2. The van der Waals surface area contributed by atoms with Gasteiger partial charge in [-0.15, -0.1) is 0 Å². The first-order chi connectivity index (χ1) is 20.1. The Hall–Kier alpha value is -3.86. The molecule has 1 aliphatic carbocycles. The van der Waals surface area contributed by atoms with E-state index in [-0.39, 0.29) is 11.8 Å². The van der Waals surface area contributed by atoms with E-state index in [9.17, 15) is 9.59 Å². The zero-order valence-electron chi connectivity index (χ0n) is 24.4. The van der Waals surface area contributed by atoms with Crippen molar-refractivity contribution < 1.29 is 9.59 Å². The minimum Gasteiger partial charge on any atom is -0.371 e. The summed E-state index contributed by atoms with van der Waals surface area (Å²) in [6.45, 7) is 7.39. The lowest BCUT2D eigenvalue weighted by Crippen LogP contribution is -2.45. The van der Waals surface area contributed by atoms with Gasteiger partial charge in [-0.05, 0) is 60.9 Å². The van der Waals surface area contributed by atoms with Crippen LogP contribution in [0, 0.1) is 0 Å². The average molecular weight is 548 g/mol. The maximum Gasteiger partial charge on any atom is 0.258 e. The SMILES string of the molecule is CCCCC1(C(=O)NCCC)C(c2ccccc2)=C(N2CCCCC2)c2c(N3Cc4ccccc4C3=O)cccc21. The first-order valence-electron chi connectivity index (χ1n) is 15.5. The molecule has 1 atom stereocenters. The predicted molar refractivity (Wildman–Crippen MR) is 167 cm³/mol. The fourth-order valence-electron chi connectivity index (χ4n) is 7.14. The number of likely N-dealkylation sites (tertiary alicyclic amines) is 1. The molecule has 2 aliphatic heterocycles. The average Bonchev–Trinajstić information content (AvgIpc) is 3.52. The number of unbranched alkanes of at least 4 members (excludes halogenated alkanes) is 1. The number of fused-ring (bicyclic) bond motifs is 2. The predicted octanol–water partition coefficient (Wildman–Crippen LogP) is 7.17. The van der Waals surface area contributed by atoms with Crippen molar-refractivity contribution >= 4 is 28.8 Å². The van der Waals surface area contributed by atoms with Gasteiger partial charge in [-0.2, -0.15) is 0 Å². The summed E-state index contributed by atoms with van der Waals surface area (Å²) in [5.41, 5.74) is 7.36. The molecule has 0 saturated carbocycles. The molecule has 3 aliphatic rings. The van der Waals surface area contributed by atoms with E-state index in [0.29, 0.717) is 13.1 Å². The highest BCUT2D eigenvalue weighted by Gasteiger charge is 2.53. The van der Waals surface area contributed by atoms with Crippen LogP contribution < -0.4 is 10.2 Å². The minimum atomic E-state index is -0.833. The van der Waals surface area contributed by atoms with Gasteiger partial charge in [-0.3, -0.25) is 9.59 Å². The van der Waals surface area contributed by atoms with Crippen LogP contribution in [0.25, 0.3) is 11.3 Å². The zero-order valence-corrected chi connectivity index (χ0v) is 24.4. The molecule has 1 unspecified atom stereocenters. The summed E-state index contributed by atoms with van der Waals surface area (Å²) in [5.74, 6) is 0.114. The molecule has 41 heavy (non-hydrogen) atoms. The van der Waals surface area contributed by atoms with Crippen LogP contribution in [-0.2, 0) is 16.8 Å². The van der Waals surface area contributed by atoms with Crippen molar-refractivity contribution in [1.82, 2.24) is 10.2 Å². The number of carbonyl (C=O) groups is 2. The zero-order chi connectivity index (χ0) is 28.4. The molecule has 2 amide bonds. The van der Waals surface area contributed by atoms with Crippen molar-refractivity contribution in [1.29, 1.82) is 0 Å². The lowest BCUT2D eigenvalue weighted by atomic mass is 9.70. The van der Waals surface area contributed by atoms with Gasteiger partial charge in [0.15, 0.2) is 0 Å². The standard InChI is InChI=1S/C36H41N3O2/c1-3-5-21-36(35(41)37-22-4-2)29-19-14-20-30(39-25-27-17-10-11-18-28(27)34(39)40)31(29)33(38-23-12-7-13-24-38)32(36)26-15-8-6-9-16-26/h6,8-11,14-20H,3-5,7,12-13,21-25H2,1-2H3,(H,37,41). The van der Waals surface area contributed by atoms with Gasteiger partial charge in [0.25, 0.3) is 5.91 Å². The summed E-state index contributed by atoms with van der Waals surface area (Å²) >= 11 is 0. The van der Waals surface area contributed by atoms with Crippen molar-refractivity contribution in [3.05, 3.63) is 101 Å². The molecule has 0 aromatic heterocycles. The van der Waals surface area contributed by atoms with E-state index in [2.05, 4.69) is 72.6 Å². The maximum absolute atomic E-state index is 14.6. The van der Waals surface area contributed by atoms with Gasteiger partial charge in [0.2, 0.25) is 5.91 Å². The Morgan fingerprint density at radius 1 is 0.878 bits per heavy atom. The fraction of sp³-hybridized carbons (Fsp3) is 0.389. The van der Waals surface area contributed by atoms with Crippen molar-refractivity contribution in [3.8, 4) is 0 Å². The van der Waals surface area contributed by atoms with Crippen LogP contribution in [0.3, 0.4) is 0 Å². The van der Waals surface area contributed by atoms with Crippen LogP contribution in [-0.4, -0.2) is 36.3 Å². The van der Waals surface area contributed by atoms with E-state index in [1.807, 2.05) is 29.2 Å². The van der Waals surface area contributed by atoms with Crippen LogP contribution in [0.5, 0.6) is 0 Å². The van der Waals surface area contributed by atoms with Gasteiger partial charge >= 0.3 is 0 Å². The second-order valence-corrected chi connectivity index (χ2v) is 11.7. The van der Waals surface area contributed by atoms with E-state index in [1.165, 1.54) is 6.42 Å². The third kappa shape index (κ3) is 4.56. The molecule has 212 valence electrons. The number of carbonyl (C=O) groups excluding carboxylic acids is 2. The number of piperidine rings is 1. The first-order valence-corrected chi connectivity index (χ1v) is 15.5. The van der Waals surface area contributed by atoms with E-state index >= 15 is 0 Å². The molecule has 5 heteroatoms. The Kier molecular flexibility index (Phi) is 7.70. The molecule has 1 N–H and O–H groups in total. The van der Waals surface area contributed by atoms with Crippen molar-refractivity contribution in [3.63, 3.8) is 0 Å². The lowest BCUT2D eigenvalue weighted by molar-refractivity contribution is -0.125.